The third kappa shape index (κ3) is 6.11. The molecule has 10 heteroatoms. The van der Waals surface area contributed by atoms with E-state index in [-0.39, 0.29) is 23.5 Å². The summed E-state index contributed by atoms with van der Waals surface area (Å²) in [6.45, 7) is 5.72. The fourth-order valence-electron chi connectivity index (χ4n) is 3.16. The van der Waals surface area contributed by atoms with Crippen LogP contribution in [0.3, 0.4) is 0 Å². The predicted octanol–water partition coefficient (Wildman–Crippen LogP) is 4.77. The minimum Gasteiger partial charge on any atom is -0.342 e. The van der Waals surface area contributed by atoms with Gasteiger partial charge in [-0.25, -0.2) is 4.39 Å². The average Bonchev–Trinajstić information content (AvgIpc) is 3.13. The fourth-order valence-corrected chi connectivity index (χ4v) is 4.10. The molecule has 1 heterocycles. The number of amides is 2. The van der Waals surface area contributed by atoms with Crippen LogP contribution in [0.2, 0.25) is 5.02 Å². The first-order valence-corrected chi connectivity index (χ1v) is 11.7. The standard InChI is InChI=1S/C23H25ClFN5O2S/c1-13(2)20(27-22(32)16-7-5-6-8-17(16)24)21-28-29-23(30(21)4)33-12-19(31)26-18-11-15(25)10-9-14(18)3/h5-11,13,20H,12H2,1-4H3,(H,26,31)(H,27,32). The largest absolute Gasteiger partial charge is 0.342 e. The number of hydrogen-bond acceptors (Lipinski definition) is 5. The summed E-state index contributed by atoms with van der Waals surface area (Å²) in [5.41, 5.74) is 1.58. The van der Waals surface area contributed by atoms with Gasteiger partial charge >= 0.3 is 0 Å². The Labute approximate surface area is 201 Å². The molecule has 0 aliphatic rings. The number of aryl methyl sites for hydroxylation is 1. The molecule has 0 aliphatic heterocycles. The number of hydrogen-bond donors (Lipinski definition) is 2. The molecule has 7 nitrogen and oxygen atoms in total. The van der Waals surface area contributed by atoms with Gasteiger partial charge in [0, 0.05) is 12.7 Å². The second-order valence-corrected chi connectivity index (χ2v) is 9.22. The van der Waals surface area contributed by atoms with Gasteiger partial charge in [0.1, 0.15) is 5.82 Å². The van der Waals surface area contributed by atoms with Gasteiger partial charge in [0.15, 0.2) is 11.0 Å². The molecule has 3 rings (SSSR count). The number of rotatable bonds is 8. The molecule has 0 bridgehead atoms. The van der Waals surface area contributed by atoms with Crippen molar-refractivity contribution < 1.29 is 14.0 Å². The molecular formula is C23H25ClFN5O2S. The van der Waals surface area contributed by atoms with Crippen LogP contribution in [0.15, 0.2) is 47.6 Å². The van der Waals surface area contributed by atoms with Gasteiger partial charge < -0.3 is 15.2 Å². The summed E-state index contributed by atoms with van der Waals surface area (Å²) in [6, 6.07) is 10.7. The number of aromatic nitrogens is 3. The molecular weight excluding hydrogens is 465 g/mol. The number of thioether (sulfide) groups is 1. The Bertz CT molecular complexity index is 1170. The minimum atomic E-state index is -0.417. The monoisotopic (exact) mass is 489 g/mol. The lowest BCUT2D eigenvalue weighted by Crippen LogP contribution is -2.33. The summed E-state index contributed by atoms with van der Waals surface area (Å²) in [6.07, 6.45) is 0. The van der Waals surface area contributed by atoms with Crippen molar-refractivity contribution in [3.8, 4) is 0 Å². The van der Waals surface area contributed by atoms with E-state index in [1.54, 1.807) is 48.9 Å². The highest BCUT2D eigenvalue weighted by Gasteiger charge is 2.26. The van der Waals surface area contributed by atoms with Gasteiger partial charge in [0.05, 0.1) is 22.4 Å². The molecule has 1 atom stereocenters. The Balaban J connectivity index is 1.69. The number of nitrogens with zero attached hydrogens (tertiary/aromatic N) is 3. The Morgan fingerprint density at radius 2 is 1.91 bits per heavy atom. The molecule has 0 saturated heterocycles. The van der Waals surface area contributed by atoms with E-state index in [0.29, 0.717) is 27.3 Å². The minimum absolute atomic E-state index is 0.0245. The van der Waals surface area contributed by atoms with Crippen LogP contribution in [-0.2, 0) is 11.8 Å². The summed E-state index contributed by atoms with van der Waals surface area (Å²) in [5, 5.41) is 15.0. The van der Waals surface area contributed by atoms with E-state index in [4.69, 9.17) is 11.6 Å². The maximum absolute atomic E-state index is 13.5. The predicted molar refractivity (Wildman–Crippen MR) is 128 cm³/mol. The van der Waals surface area contributed by atoms with E-state index in [0.717, 1.165) is 5.56 Å². The van der Waals surface area contributed by atoms with Gasteiger partial charge in [-0.3, -0.25) is 9.59 Å². The third-order valence-corrected chi connectivity index (χ3v) is 6.37. The van der Waals surface area contributed by atoms with Crippen LogP contribution >= 0.6 is 23.4 Å². The molecule has 0 spiro atoms. The molecule has 0 saturated carbocycles. The lowest BCUT2D eigenvalue weighted by molar-refractivity contribution is -0.113. The van der Waals surface area contributed by atoms with Gasteiger partial charge in [0.25, 0.3) is 5.91 Å². The van der Waals surface area contributed by atoms with Crippen LogP contribution < -0.4 is 10.6 Å². The summed E-state index contributed by atoms with van der Waals surface area (Å²) < 4.78 is 15.2. The van der Waals surface area contributed by atoms with Crippen molar-refractivity contribution in [2.75, 3.05) is 11.1 Å². The van der Waals surface area contributed by atoms with E-state index in [1.807, 2.05) is 13.8 Å². The van der Waals surface area contributed by atoms with Gasteiger partial charge in [-0.05, 0) is 42.7 Å². The Kier molecular flexibility index (Phi) is 8.10. The van der Waals surface area contributed by atoms with Crippen LogP contribution in [-0.4, -0.2) is 32.3 Å². The van der Waals surface area contributed by atoms with Crippen LogP contribution in [0.4, 0.5) is 10.1 Å². The van der Waals surface area contributed by atoms with Crippen LogP contribution in [0.25, 0.3) is 0 Å². The second-order valence-electron chi connectivity index (χ2n) is 7.87. The van der Waals surface area contributed by atoms with E-state index in [9.17, 15) is 14.0 Å². The maximum Gasteiger partial charge on any atom is 0.253 e. The zero-order chi connectivity index (χ0) is 24.1. The van der Waals surface area contributed by atoms with Gasteiger partial charge in [-0.15, -0.1) is 10.2 Å². The molecule has 33 heavy (non-hydrogen) atoms. The highest BCUT2D eigenvalue weighted by atomic mass is 35.5. The quantitative estimate of drug-likeness (QED) is 0.445. The summed E-state index contributed by atoms with van der Waals surface area (Å²) in [4.78, 5) is 25.1. The molecule has 174 valence electrons. The number of carbonyl (C=O) groups excluding carboxylic acids is 2. The van der Waals surface area contributed by atoms with Crippen molar-refractivity contribution in [2.24, 2.45) is 13.0 Å². The molecule has 2 amide bonds. The molecule has 2 aromatic carbocycles. The lowest BCUT2D eigenvalue weighted by Gasteiger charge is -2.22. The molecule has 0 aliphatic carbocycles. The molecule has 2 N–H and O–H groups in total. The van der Waals surface area contributed by atoms with E-state index < -0.39 is 11.9 Å². The van der Waals surface area contributed by atoms with Crippen molar-refractivity contribution in [3.05, 3.63) is 70.3 Å². The van der Waals surface area contributed by atoms with Crippen molar-refractivity contribution in [3.63, 3.8) is 0 Å². The van der Waals surface area contributed by atoms with E-state index >= 15 is 0 Å². The average molecular weight is 490 g/mol. The lowest BCUT2D eigenvalue weighted by atomic mass is 10.0. The maximum atomic E-state index is 13.5. The summed E-state index contributed by atoms with van der Waals surface area (Å²) in [7, 11) is 1.78. The van der Waals surface area contributed by atoms with Crippen molar-refractivity contribution in [2.45, 2.75) is 32.0 Å². The second kappa shape index (κ2) is 10.8. The molecule has 0 fully saturated rings. The summed E-state index contributed by atoms with van der Waals surface area (Å²) in [5.74, 6) is -0.349. The number of anilines is 1. The van der Waals surface area contributed by atoms with Crippen LogP contribution in [0.1, 0.15) is 41.6 Å². The zero-order valence-corrected chi connectivity index (χ0v) is 20.3. The number of halogens is 2. The first kappa shape index (κ1) is 24.7. The molecule has 1 unspecified atom stereocenters. The SMILES string of the molecule is Cc1ccc(F)cc1NC(=O)CSc1nnc(C(NC(=O)c2ccccc2Cl)C(C)C)n1C. The van der Waals surface area contributed by atoms with Gasteiger partial charge in [0.2, 0.25) is 5.91 Å². The Morgan fingerprint density at radius 1 is 1.18 bits per heavy atom. The van der Waals surface area contributed by atoms with Gasteiger partial charge in [-0.2, -0.15) is 0 Å². The number of benzene rings is 2. The fraction of sp³-hybridized carbons (Fsp3) is 0.304. The zero-order valence-electron chi connectivity index (χ0n) is 18.7. The normalized spacial score (nSPS) is 12.0. The molecule has 3 aromatic rings. The van der Waals surface area contributed by atoms with Crippen LogP contribution in [0, 0.1) is 18.7 Å². The highest BCUT2D eigenvalue weighted by molar-refractivity contribution is 7.99. The topological polar surface area (TPSA) is 88.9 Å². The number of carbonyl (C=O) groups is 2. The Hall–Kier alpha value is -2.91. The van der Waals surface area contributed by atoms with Crippen molar-refractivity contribution in [1.29, 1.82) is 0 Å². The smallest absolute Gasteiger partial charge is 0.253 e. The van der Waals surface area contributed by atoms with E-state index in [2.05, 4.69) is 20.8 Å². The van der Waals surface area contributed by atoms with Crippen molar-refractivity contribution in [1.82, 2.24) is 20.1 Å². The first-order valence-electron chi connectivity index (χ1n) is 10.3. The molecule has 0 radical (unpaired) electrons. The first-order chi connectivity index (χ1) is 15.7. The van der Waals surface area contributed by atoms with Crippen LogP contribution in [0.5, 0.6) is 0 Å². The van der Waals surface area contributed by atoms with E-state index in [1.165, 1.54) is 23.9 Å². The van der Waals surface area contributed by atoms with Gasteiger partial charge in [-0.1, -0.05) is 55.4 Å². The highest BCUT2D eigenvalue weighted by Crippen LogP contribution is 2.25. The summed E-state index contributed by atoms with van der Waals surface area (Å²) >= 11 is 7.36. The third-order valence-electron chi connectivity index (χ3n) is 5.02. The molecule has 1 aromatic heterocycles. The van der Waals surface area contributed by atoms with Crippen molar-refractivity contribution >= 4 is 40.9 Å². The number of nitrogens with one attached hydrogen (secondary N) is 2. The Morgan fingerprint density at radius 3 is 2.61 bits per heavy atom.